The zero-order valence-corrected chi connectivity index (χ0v) is 11.2. The van der Waals surface area contributed by atoms with Crippen LogP contribution in [0.3, 0.4) is 0 Å². The van der Waals surface area contributed by atoms with Crippen LogP contribution in [-0.4, -0.2) is 0 Å². The molecule has 0 spiro atoms. The summed E-state index contributed by atoms with van der Waals surface area (Å²) < 4.78 is 0. The quantitative estimate of drug-likeness (QED) is 0.642. The molecule has 0 N–H and O–H groups in total. The third-order valence-corrected chi connectivity index (χ3v) is 3.17. The Kier molecular flexibility index (Phi) is 6.61. The molecule has 0 aliphatic heterocycles. The van der Waals surface area contributed by atoms with Crippen LogP contribution in [0.25, 0.3) is 0 Å². The van der Waals surface area contributed by atoms with Crippen LogP contribution in [0.4, 0.5) is 0 Å². The maximum absolute atomic E-state index is 11.4. The molecule has 17 heavy (non-hydrogen) atoms. The summed E-state index contributed by atoms with van der Waals surface area (Å²) in [6.45, 7) is 4.14. The molecule has 0 aromatic heterocycles. The first kappa shape index (κ1) is 14.0. The third-order valence-electron chi connectivity index (χ3n) is 3.17. The fourth-order valence-corrected chi connectivity index (χ4v) is 2.05. The van der Waals surface area contributed by atoms with Crippen LogP contribution in [0.5, 0.6) is 0 Å². The van der Waals surface area contributed by atoms with Crippen LogP contribution in [0, 0.1) is 6.92 Å². The summed E-state index contributed by atoms with van der Waals surface area (Å²) in [5, 5.41) is 0. The van der Waals surface area contributed by atoms with E-state index < -0.39 is 0 Å². The van der Waals surface area contributed by atoms with Crippen LogP contribution in [0.2, 0.25) is 0 Å². The van der Waals surface area contributed by atoms with Gasteiger partial charge in [-0.2, -0.15) is 0 Å². The van der Waals surface area contributed by atoms with Gasteiger partial charge in [-0.3, -0.25) is 4.79 Å². The van der Waals surface area contributed by atoms with Gasteiger partial charge in [0.25, 0.3) is 0 Å². The van der Waals surface area contributed by atoms with Crippen molar-refractivity contribution >= 4 is 0 Å². The van der Waals surface area contributed by atoms with E-state index in [0.717, 1.165) is 12.0 Å². The largest absolute Gasteiger partial charge is 0.290 e. The smallest absolute Gasteiger partial charge is 0.181 e. The highest BCUT2D eigenvalue weighted by molar-refractivity contribution is 5.20. The highest BCUT2D eigenvalue weighted by Gasteiger charge is 1.95. The normalized spacial score (nSPS) is 10.5. The van der Waals surface area contributed by atoms with E-state index in [-0.39, 0.29) is 5.43 Å². The van der Waals surface area contributed by atoms with E-state index in [9.17, 15) is 4.79 Å². The predicted molar refractivity (Wildman–Crippen MR) is 74.5 cm³/mol. The first-order chi connectivity index (χ1) is 8.24. The monoisotopic (exact) mass is 232 g/mol. The number of hydrogen-bond donors (Lipinski definition) is 0. The molecule has 1 aromatic carbocycles. The molecule has 0 amide bonds. The van der Waals surface area contributed by atoms with Crippen molar-refractivity contribution in [2.45, 2.75) is 58.8 Å². The molecule has 0 unspecified atom stereocenters. The zero-order chi connectivity index (χ0) is 12.5. The fourth-order valence-electron chi connectivity index (χ4n) is 2.05. The maximum Gasteiger partial charge on any atom is 0.181 e. The summed E-state index contributed by atoms with van der Waals surface area (Å²) in [6.07, 6.45) is 9.02. The van der Waals surface area contributed by atoms with Crippen LogP contribution in [0.15, 0.2) is 29.1 Å². The van der Waals surface area contributed by atoms with Crippen LogP contribution < -0.4 is 5.43 Å². The summed E-state index contributed by atoms with van der Waals surface area (Å²) >= 11 is 0. The van der Waals surface area contributed by atoms with Crippen molar-refractivity contribution in [3.05, 3.63) is 45.6 Å². The molecular weight excluding hydrogens is 208 g/mol. The lowest BCUT2D eigenvalue weighted by atomic mass is 10.1. The van der Waals surface area contributed by atoms with Gasteiger partial charge in [-0.25, -0.2) is 0 Å². The zero-order valence-electron chi connectivity index (χ0n) is 11.2. The molecular formula is C16H24O. The highest BCUT2D eigenvalue weighted by atomic mass is 16.1. The average molecular weight is 232 g/mol. The third kappa shape index (κ3) is 5.67. The first-order valence-electron chi connectivity index (χ1n) is 6.84. The van der Waals surface area contributed by atoms with E-state index in [1.54, 1.807) is 6.07 Å². The average Bonchev–Trinajstić information content (AvgIpc) is 2.47. The van der Waals surface area contributed by atoms with E-state index in [1.807, 2.05) is 19.1 Å². The van der Waals surface area contributed by atoms with Gasteiger partial charge < -0.3 is 0 Å². The molecule has 0 fully saturated rings. The minimum Gasteiger partial charge on any atom is -0.290 e. The Bertz CT molecular complexity index is 382. The SMILES string of the molecule is CCCCCCCCc1cccc(=O)c(C)c1. The van der Waals surface area contributed by atoms with Gasteiger partial charge in [0.1, 0.15) is 0 Å². The van der Waals surface area contributed by atoms with Crippen LogP contribution in [0.1, 0.15) is 56.6 Å². The molecule has 0 saturated carbocycles. The first-order valence-corrected chi connectivity index (χ1v) is 6.84. The van der Waals surface area contributed by atoms with E-state index in [2.05, 4.69) is 13.0 Å². The molecule has 0 aliphatic carbocycles. The standard InChI is InChI=1S/C16H24O/c1-3-4-5-6-7-8-10-15-11-9-12-16(17)14(2)13-15/h9,11-13H,3-8,10H2,1-2H3. The molecule has 1 rings (SSSR count). The predicted octanol–water partition coefficient (Wildman–Crippen LogP) is 4.26. The van der Waals surface area contributed by atoms with Gasteiger partial charge in [-0.05, 0) is 37.0 Å². The van der Waals surface area contributed by atoms with Gasteiger partial charge in [0.15, 0.2) is 5.43 Å². The fraction of sp³-hybridized carbons (Fsp3) is 0.562. The maximum atomic E-state index is 11.4. The minimum absolute atomic E-state index is 0.138. The molecule has 0 heterocycles. The van der Waals surface area contributed by atoms with Gasteiger partial charge in [0, 0.05) is 0 Å². The Morgan fingerprint density at radius 3 is 2.47 bits per heavy atom. The van der Waals surface area contributed by atoms with Crippen LogP contribution in [-0.2, 0) is 6.42 Å². The Labute approximate surface area is 105 Å². The van der Waals surface area contributed by atoms with E-state index in [0.29, 0.717) is 0 Å². The molecule has 0 aliphatic rings. The second-order valence-corrected chi connectivity index (χ2v) is 4.81. The molecule has 0 atom stereocenters. The lowest BCUT2D eigenvalue weighted by Crippen LogP contribution is -1.97. The number of unbranched alkanes of at least 4 members (excludes halogenated alkanes) is 5. The molecule has 1 nitrogen and oxygen atoms in total. The number of rotatable bonds is 7. The molecule has 0 radical (unpaired) electrons. The van der Waals surface area contributed by atoms with Gasteiger partial charge in [-0.1, -0.05) is 57.2 Å². The number of aryl methyl sites for hydroxylation is 2. The van der Waals surface area contributed by atoms with Gasteiger partial charge >= 0.3 is 0 Å². The van der Waals surface area contributed by atoms with Crippen molar-refractivity contribution in [3.8, 4) is 0 Å². The summed E-state index contributed by atoms with van der Waals surface area (Å²) in [4.78, 5) is 11.4. The lowest BCUT2D eigenvalue weighted by molar-refractivity contribution is 0.607. The molecule has 94 valence electrons. The molecule has 1 heteroatoms. The van der Waals surface area contributed by atoms with E-state index in [1.165, 1.54) is 44.1 Å². The molecule has 0 saturated heterocycles. The summed E-state index contributed by atoms with van der Waals surface area (Å²) in [5.41, 5.74) is 2.29. The van der Waals surface area contributed by atoms with Gasteiger partial charge in [-0.15, -0.1) is 0 Å². The second kappa shape index (κ2) is 8.05. The van der Waals surface area contributed by atoms with Crippen molar-refractivity contribution < 1.29 is 0 Å². The summed E-state index contributed by atoms with van der Waals surface area (Å²) in [5.74, 6) is 0. The molecule has 0 bridgehead atoms. The Balaban J connectivity index is 2.35. The minimum atomic E-state index is 0.138. The van der Waals surface area contributed by atoms with Crippen LogP contribution >= 0.6 is 0 Å². The Morgan fingerprint density at radius 1 is 1.00 bits per heavy atom. The highest BCUT2D eigenvalue weighted by Crippen LogP contribution is 2.09. The Hall–Kier alpha value is -1.11. The van der Waals surface area contributed by atoms with Crippen molar-refractivity contribution in [1.29, 1.82) is 0 Å². The summed E-state index contributed by atoms with van der Waals surface area (Å²) in [7, 11) is 0. The van der Waals surface area contributed by atoms with Crippen molar-refractivity contribution in [2.75, 3.05) is 0 Å². The summed E-state index contributed by atoms with van der Waals surface area (Å²) in [6, 6.07) is 7.64. The van der Waals surface area contributed by atoms with Crippen molar-refractivity contribution in [3.63, 3.8) is 0 Å². The molecule has 1 aromatic rings. The van der Waals surface area contributed by atoms with Crippen molar-refractivity contribution in [2.24, 2.45) is 0 Å². The lowest BCUT2D eigenvalue weighted by Gasteiger charge is -2.00. The second-order valence-electron chi connectivity index (χ2n) is 4.81. The van der Waals surface area contributed by atoms with Gasteiger partial charge in [0.2, 0.25) is 0 Å². The van der Waals surface area contributed by atoms with E-state index in [4.69, 9.17) is 0 Å². The Morgan fingerprint density at radius 2 is 1.71 bits per heavy atom. The van der Waals surface area contributed by atoms with Gasteiger partial charge in [0.05, 0.1) is 0 Å². The number of hydrogen-bond acceptors (Lipinski definition) is 1. The van der Waals surface area contributed by atoms with Crippen molar-refractivity contribution in [1.82, 2.24) is 0 Å². The van der Waals surface area contributed by atoms with E-state index >= 15 is 0 Å². The topological polar surface area (TPSA) is 17.1 Å².